The smallest absolute Gasteiger partial charge is 0.231 e. The van der Waals surface area contributed by atoms with Crippen LogP contribution >= 0.6 is 0 Å². The van der Waals surface area contributed by atoms with Gasteiger partial charge in [-0.1, -0.05) is 6.07 Å². The van der Waals surface area contributed by atoms with Gasteiger partial charge in [0, 0.05) is 26.4 Å². The van der Waals surface area contributed by atoms with Crippen molar-refractivity contribution in [3.05, 3.63) is 23.8 Å². The first-order chi connectivity index (χ1) is 12.1. The maximum absolute atomic E-state index is 12.0. The fraction of sp³-hybridized carbons (Fsp3) is 0.556. The molecule has 2 aliphatic rings. The Bertz CT molecular complexity index is 629. The molecule has 136 valence electrons. The van der Waals surface area contributed by atoms with Crippen LogP contribution in [-0.4, -0.2) is 49.7 Å². The van der Waals surface area contributed by atoms with E-state index in [2.05, 4.69) is 15.5 Å². The Balaban J connectivity index is 1.62. The van der Waals surface area contributed by atoms with Gasteiger partial charge in [-0.05, 0) is 43.6 Å². The third-order valence-electron chi connectivity index (χ3n) is 4.58. The van der Waals surface area contributed by atoms with Crippen LogP contribution in [0, 0.1) is 0 Å². The van der Waals surface area contributed by atoms with E-state index in [0.29, 0.717) is 13.1 Å². The van der Waals surface area contributed by atoms with Gasteiger partial charge in [0.05, 0.1) is 6.04 Å². The van der Waals surface area contributed by atoms with Gasteiger partial charge in [0.1, 0.15) is 0 Å². The van der Waals surface area contributed by atoms with Gasteiger partial charge in [0.2, 0.25) is 18.6 Å². The normalized spacial score (nSPS) is 17.3. The van der Waals surface area contributed by atoms with E-state index in [9.17, 15) is 9.59 Å². The number of nitrogens with one attached hydrogen (secondary N) is 2. The number of hydrogen-bond acceptors (Lipinski definition) is 5. The van der Waals surface area contributed by atoms with Gasteiger partial charge in [-0.25, -0.2) is 0 Å². The Morgan fingerprint density at radius 1 is 1.16 bits per heavy atom. The third-order valence-corrected chi connectivity index (χ3v) is 4.58. The van der Waals surface area contributed by atoms with Crippen molar-refractivity contribution in [3.63, 3.8) is 0 Å². The molecule has 0 radical (unpaired) electrons. The number of benzene rings is 1. The van der Waals surface area contributed by atoms with E-state index >= 15 is 0 Å². The van der Waals surface area contributed by atoms with E-state index in [-0.39, 0.29) is 31.1 Å². The minimum absolute atomic E-state index is 0.0568. The summed E-state index contributed by atoms with van der Waals surface area (Å²) in [5.41, 5.74) is 1.12. The maximum atomic E-state index is 12.0. The summed E-state index contributed by atoms with van der Waals surface area (Å²) in [4.78, 5) is 25.3. The molecule has 7 nitrogen and oxygen atoms in total. The summed E-state index contributed by atoms with van der Waals surface area (Å²) in [6.07, 6.45) is 2.64. The predicted molar refractivity (Wildman–Crippen MR) is 92.4 cm³/mol. The first-order valence-corrected chi connectivity index (χ1v) is 8.78. The molecule has 2 heterocycles. The van der Waals surface area contributed by atoms with Crippen molar-refractivity contribution in [2.75, 3.05) is 33.0 Å². The van der Waals surface area contributed by atoms with Gasteiger partial charge < -0.3 is 20.1 Å². The molecule has 2 amide bonds. The molecule has 2 aliphatic heterocycles. The minimum atomic E-state index is -0.122. The molecule has 0 aromatic heterocycles. The molecular formula is C18H25N3O4. The third kappa shape index (κ3) is 4.63. The first-order valence-electron chi connectivity index (χ1n) is 8.78. The summed E-state index contributed by atoms with van der Waals surface area (Å²) in [6.45, 7) is 4.66. The van der Waals surface area contributed by atoms with Crippen LogP contribution in [0.15, 0.2) is 18.2 Å². The number of carbonyl (C=O) groups excluding carboxylic acids is 2. The van der Waals surface area contributed by atoms with E-state index in [1.54, 1.807) is 0 Å². The summed E-state index contributed by atoms with van der Waals surface area (Å²) in [5.74, 6) is 1.35. The SMILES string of the molecule is CC(=O)NCCC(=O)NCC(c1ccc2c(c1)OCO2)N1CCCC1. The highest BCUT2D eigenvalue weighted by atomic mass is 16.7. The molecule has 0 saturated carbocycles. The van der Waals surface area contributed by atoms with Gasteiger partial charge in [-0.15, -0.1) is 0 Å². The second-order valence-corrected chi connectivity index (χ2v) is 6.41. The molecule has 25 heavy (non-hydrogen) atoms. The Morgan fingerprint density at radius 3 is 2.68 bits per heavy atom. The van der Waals surface area contributed by atoms with Crippen LogP contribution in [0.5, 0.6) is 11.5 Å². The van der Waals surface area contributed by atoms with Gasteiger partial charge in [0.25, 0.3) is 0 Å². The average Bonchev–Trinajstić information content (AvgIpc) is 3.26. The number of likely N-dealkylation sites (tertiary alicyclic amines) is 1. The summed E-state index contributed by atoms with van der Waals surface area (Å²) in [7, 11) is 0. The molecule has 0 spiro atoms. The van der Waals surface area contributed by atoms with Crippen molar-refractivity contribution < 1.29 is 19.1 Å². The van der Waals surface area contributed by atoms with E-state index in [1.165, 1.54) is 19.8 Å². The van der Waals surface area contributed by atoms with Crippen LogP contribution in [0.25, 0.3) is 0 Å². The highest BCUT2D eigenvalue weighted by Crippen LogP contribution is 2.36. The fourth-order valence-corrected chi connectivity index (χ4v) is 3.28. The zero-order valence-electron chi connectivity index (χ0n) is 14.5. The zero-order valence-corrected chi connectivity index (χ0v) is 14.5. The monoisotopic (exact) mass is 347 g/mol. The lowest BCUT2D eigenvalue weighted by Crippen LogP contribution is -2.37. The van der Waals surface area contributed by atoms with Crippen LogP contribution in [0.2, 0.25) is 0 Å². The lowest BCUT2D eigenvalue weighted by molar-refractivity contribution is -0.121. The standard InChI is InChI=1S/C18H25N3O4/c1-13(22)19-7-6-18(23)20-11-15(21-8-2-3-9-21)14-4-5-16-17(10-14)25-12-24-16/h4-5,10,15H,2-3,6-9,11-12H2,1H3,(H,19,22)(H,20,23). The number of rotatable bonds is 7. The summed E-state index contributed by atoms with van der Waals surface area (Å²) in [6, 6.07) is 6.09. The number of carbonyl (C=O) groups is 2. The number of amides is 2. The summed E-state index contributed by atoms with van der Waals surface area (Å²) in [5, 5.41) is 5.63. The molecule has 1 unspecified atom stereocenters. The van der Waals surface area contributed by atoms with E-state index in [4.69, 9.17) is 9.47 Å². The average molecular weight is 347 g/mol. The van der Waals surface area contributed by atoms with Crippen LogP contribution in [-0.2, 0) is 9.59 Å². The number of hydrogen-bond donors (Lipinski definition) is 2. The minimum Gasteiger partial charge on any atom is -0.454 e. The summed E-state index contributed by atoms with van der Waals surface area (Å²) >= 11 is 0. The first kappa shape index (κ1) is 17.5. The van der Waals surface area contributed by atoms with Crippen LogP contribution in [0.4, 0.5) is 0 Å². The van der Waals surface area contributed by atoms with Gasteiger partial charge in [-0.2, -0.15) is 0 Å². The Hall–Kier alpha value is -2.28. The van der Waals surface area contributed by atoms with Crippen LogP contribution in [0.3, 0.4) is 0 Å². The lowest BCUT2D eigenvalue weighted by atomic mass is 10.0. The molecule has 7 heteroatoms. The van der Waals surface area contributed by atoms with E-state index in [1.807, 2.05) is 18.2 Å². The van der Waals surface area contributed by atoms with Crippen molar-refractivity contribution in [3.8, 4) is 11.5 Å². The van der Waals surface area contributed by atoms with Crippen LogP contribution < -0.4 is 20.1 Å². The van der Waals surface area contributed by atoms with E-state index in [0.717, 1.165) is 30.2 Å². The molecule has 2 N–H and O–H groups in total. The van der Waals surface area contributed by atoms with Crippen molar-refractivity contribution in [2.24, 2.45) is 0 Å². The van der Waals surface area contributed by atoms with Gasteiger partial charge in [-0.3, -0.25) is 14.5 Å². The highest BCUT2D eigenvalue weighted by Gasteiger charge is 2.25. The molecule has 1 aromatic carbocycles. The molecule has 3 rings (SSSR count). The Kier molecular flexibility index (Phi) is 5.75. The number of fused-ring (bicyclic) bond motifs is 1. The van der Waals surface area contributed by atoms with E-state index < -0.39 is 0 Å². The van der Waals surface area contributed by atoms with Crippen molar-refractivity contribution in [2.45, 2.75) is 32.2 Å². The molecule has 1 atom stereocenters. The highest BCUT2D eigenvalue weighted by molar-refractivity contribution is 5.77. The van der Waals surface area contributed by atoms with Crippen molar-refractivity contribution in [1.82, 2.24) is 15.5 Å². The Morgan fingerprint density at radius 2 is 1.92 bits per heavy atom. The molecule has 1 fully saturated rings. The van der Waals surface area contributed by atoms with Gasteiger partial charge >= 0.3 is 0 Å². The topological polar surface area (TPSA) is 79.9 Å². The molecule has 0 bridgehead atoms. The lowest BCUT2D eigenvalue weighted by Gasteiger charge is -2.28. The number of nitrogens with zero attached hydrogens (tertiary/aromatic N) is 1. The predicted octanol–water partition coefficient (Wildman–Crippen LogP) is 1.19. The molecule has 1 aromatic rings. The quantitative estimate of drug-likeness (QED) is 0.775. The van der Waals surface area contributed by atoms with Crippen molar-refractivity contribution in [1.29, 1.82) is 0 Å². The number of ether oxygens (including phenoxy) is 2. The second kappa shape index (κ2) is 8.20. The van der Waals surface area contributed by atoms with Gasteiger partial charge in [0.15, 0.2) is 11.5 Å². The second-order valence-electron chi connectivity index (χ2n) is 6.41. The largest absolute Gasteiger partial charge is 0.454 e. The molecule has 0 aliphatic carbocycles. The Labute approximate surface area is 147 Å². The van der Waals surface area contributed by atoms with Crippen molar-refractivity contribution >= 4 is 11.8 Å². The zero-order chi connectivity index (χ0) is 17.6. The maximum Gasteiger partial charge on any atom is 0.231 e. The summed E-state index contributed by atoms with van der Waals surface area (Å²) < 4.78 is 10.9. The fourth-order valence-electron chi connectivity index (χ4n) is 3.28. The molecular weight excluding hydrogens is 322 g/mol. The van der Waals surface area contributed by atoms with Crippen LogP contribution in [0.1, 0.15) is 37.8 Å². The molecule has 1 saturated heterocycles.